The summed E-state index contributed by atoms with van der Waals surface area (Å²) in [5, 5.41) is 9.45. The van der Waals surface area contributed by atoms with Crippen LogP contribution in [0.1, 0.15) is 24.1 Å². The molecule has 0 amide bonds. The van der Waals surface area contributed by atoms with E-state index < -0.39 is 11.8 Å². The number of halogens is 3. The molecule has 0 spiro atoms. The Hall–Kier alpha value is -0.780. The second-order valence-electron chi connectivity index (χ2n) is 4.15. The van der Waals surface area contributed by atoms with Crippen LogP contribution in [0.3, 0.4) is 0 Å². The van der Waals surface area contributed by atoms with Gasteiger partial charge in [0.05, 0.1) is 24.3 Å². The van der Waals surface area contributed by atoms with Gasteiger partial charge in [0.2, 0.25) is 0 Å². The van der Waals surface area contributed by atoms with Crippen molar-refractivity contribution in [3.63, 3.8) is 0 Å². The Balaban J connectivity index is 2.43. The quantitative estimate of drug-likeness (QED) is 0.851. The van der Waals surface area contributed by atoms with Gasteiger partial charge in [-0.2, -0.15) is 0 Å². The predicted molar refractivity (Wildman–Crippen MR) is 58.4 cm³/mol. The second kappa shape index (κ2) is 4.84. The summed E-state index contributed by atoms with van der Waals surface area (Å²) in [6, 6.07) is 2.43. The summed E-state index contributed by atoms with van der Waals surface area (Å²) in [5.74, 6) is 0. The van der Waals surface area contributed by atoms with Gasteiger partial charge in [-0.15, -0.1) is 0 Å². The molecule has 0 saturated carbocycles. The molecular formula is C11H12ClF2NO2. The second-order valence-corrected chi connectivity index (χ2v) is 4.54. The molecule has 1 aromatic heterocycles. The van der Waals surface area contributed by atoms with Gasteiger partial charge in [-0.05, 0) is 18.6 Å². The van der Waals surface area contributed by atoms with E-state index in [0.717, 1.165) is 6.07 Å². The molecule has 6 heteroatoms. The largest absolute Gasteiger partial charge is 0.395 e. The molecule has 1 fully saturated rings. The molecule has 1 aliphatic rings. The fourth-order valence-electron chi connectivity index (χ4n) is 1.93. The van der Waals surface area contributed by atoms with Crippen LogP contribution in [0.5, 0.6) is 0 Å². The number of aromatic nitrogens is 1. The van der Waals surface area contributed by atoms with E-state index in [1.807, 2.05) is 0 Å². The standard InChI is InChI=1S/C11H12ClF2NO2/c12-9-4-7(10(13)14)3-8(15-9)11(5-16)1-2-17-6-11/h3-4,10,16H,1-2,5-6H2. The summed E-state index contributed by atoms with van der Waals surface area (Å²) < 4.78 is 30.5. The van der Waals surface area contributed by atoms with Crippen LogP contribution in [-0.4, -0.2) is 29.9 Å². The Morgan fingerprint density at radius 3 is 2.82 bits per heavy atom. The first-order chi connectivity index (χ1) is 8.07. The van der Waals surface area contributed by atoms with E-state index in [4.69, 9.17) is 16.3 Å². The normalized spacial score (nSPS) is 24.5. The average Bonchev–Trinajstić information content (AvgIpc) is 2.78. The van der Waals surface area contributed by atoms with Crippen LogP contribution in [0.25, 0.3) is 0 Å². The molecule has 2 rings (SSSR count). The van der Waals surface area contributed by atoms with Gasteiger partial charge in [-0.1, -0.05) is 11.6 Å². The summed E-state index contributed by atoms with van der Waals surface area (Å²) in [6.45, 7) is 0.571. The Morgan fingerprint density at radius 1 is 1.53 bits per heavy atom. The van der Waals surface area contributed by atoms with E-state index in [-0.39, 0.29) is 23.9 Å². The zero-order chi connectivity index (χ0) is 12.5. The molecule has 0 aliphatic carbocycles. The number of alkyl halides is 2. The van der Waals surface area contributed by atoms with Gasteiger partial charge in [0.1, 0.15) is 5.15 Å². The maximum Gasteiger partial charge on any atom is 0.264 e. The molecular weight excluding hydrogens is 252 g/mol. The molecule has 1 atom stereocenters. The Morgan fingerprint density at radius 2 is 2.29 bits per heavy atom. The lowest BCUT2D eigenvalue weighted by Crippen LogP contribution is -2.32. The molecule has 1 aromatic rings. The van der Waals surface area contributed by atoms with Crippen LogP contribution < -0.4 is 0 Å². The summed E-state index contributed by atoms with van der Waals surface area (Å²) in [4.78, 5) is 4.03. The number of rotatable bonds is 3. The van der Waals surface area contributed by atoms with Crippen LogP contribution >= 0.6 is 11.6 Å². The molecule has 1 unspecified atom stereocenters. The van der Waals surface area contributed by atoms with Crippen molar-refractivity contribution in [2.75, 3.05) is 19.8 Å². The summed E-state index contributed by atoms with van der Waals surface area (Å²) in [7, 11) is 0. The lowest BCUT2D eigenvalue weighted by molar-refractivity contribution is 0.136. The van der Waals surface area contributed by atoms with Crippen molar-refractivity contribution >= 4 is 11.6 Å². The van der Waals surface area contributed by atoms with E-state index in [2.05, 4.69) is 4.98 Å². The number of aliphatic hydroxyl groups excluding tert-OH is 1. The SMILES string of the molecule is OCC1(c2cc(C(F)F)cc(Cl)n2)CCOC1. The molecule has 1 aliphatic heterocycles. The number of nitrogens with zero attached hydrogens (tertiary/aromatic N) is 1. The van der Waals surface area contributed by atoms with Crippen molar-refractivity contribution in [1.29, 1.82) is 0 Å². The van der Waals surface area contributed by atoms with E-state index in [1.54, 1.807) is 0 Å². The molecule has 17 heavy (non-hydrogen) atoms. The van der Waals surface area contributed by atoms with Crippen molar-refractivity contribution in [3.8, 4) is 0 Å². The van der Waals surface area contributed by atoms with Crippen molar-refractivity contribution < 1.29 is 18.6 Å². The van der Waals surface area contributed by atoms with Crippen LogP contribution in [0.2, 0.25) is 5.15 Å². The molecule has 2 heterocycles. The van der Waals surface area contributed by atoms with Crippen LogP contribution in [0, 0.1) is 0 Å². The highest BCUT2D eigenvalue weighted by atomic mass is 35.5. The first kappa shape index (κ1) is 12.7. The summed E-state index contributed by atoms with van der Waals surface area (Å²) in [5.41, 5.74) is -0.505. The Kier molecular flexibility index (Phi) is 3.61. The van der Waals surface area contributed by atoms with Gasteiger partial charge < -0.3 is 9.84 Å². The number of hydrogen-bond acceptors (Lipinski definition) is 3. The number of aliphatic hydroxyl groups is 1. The monoisotopic (exact) mass is 263 g/mol. The Labute approximate surface area is 102 Å². The lowest BCUT2D eigenvalue weighted by Gasteiger charge is -2.24. The minimum Gasteiger partial charge on any atom is -0.395 e. The first-order valence-electron chi connectivity index (χ1n) is 5.22. The Bertz CT molecular complexity index is 408. The predicted octanol–water partition coefficient (Wildman–Crippen LogP) is 2.32. The number of ether oxygens (including phenoxy) is 1. The molecule has 0 bridgehead atoms. The van der Waals surface area contributed by atoms with Gasteiger partial charge in [-0.25, -0.2) is 13.8 Å². The minimum absolute atomic E-state index is 0.0116. The fourth-order valence-corrected chi connectivity index (χ4v) is 2.15. The van der Waals surface area contributed by atoms with E-state index in [1.165, 1.54) is 6.07 Å². The van der Waals surface area contributed by atoms with Gasteiger partial charge in [0.25, 0.3) is 6.43 Å². The smallest absolute Gasteiger partial charge is 0.264 e. The van der Waals surface area contributed by atoms with E-state index in [0.29, 0.717) is 18.7 Å². The van der Waals surface area contributed by atoms with Crippen molar-refractivity contribution in [3.05, 3.63) is 28.5 Å². The highest BCUT2D eigenvalue weighted by Gasteiger charge is 2.38. The zero-order valence-electron chi connectivity index (χ0n) is 9.00. The zero-order valence-corrected chi connectivity index (χ0v) is 9.75. The van der Waals surface area contributed by atoms with Gasteiger partial charge in [-0.3, -0.25) is 0 Å². The third-order valence-electron chi connectivity index (χ3n) is 3.02. The molecule has 3 nitrogen and oxygen atoms in total. The van der Waals surface area contributed by atoms with Crippen molar-refractivity contribution in [1.82, 2.24) is 4.98 Å². The molecule has 1 N–H and O–H groups in total. The van der Waals surface area contributed by atoms with E-state index in [9.17, 15) is 13.9 Å². The molecule has 0 aromatic carbocycles. The van der Waals surface area contributed by atoms with Crippen LogP contribution in [-0.2, 0) is 10.2 Å². The lowest BCUT2D eigenvalue weighted by atomic mass is 9.84. The van der Waals surface area contributed by atoms with Crippen LogP contribution in [0.4, 0.5) is 8.78 Å². The number of hydrogen-bond donors (Lipinski definition) is 1. The third-order valence-corrected chi connectivity index (χ3v) is 3.21. The highest BCUT2D eigenvalue weighted by Crippen LogP contribution is 2.34. The molecule has 94 valence electrons. The van der Waals surface area contributed by atoms with Crippen molar-refractivity contribution in [2.24, 2.45) is 0 Å². The minimum atomic E-state index is -2.60. The van der Waals surface area contributed by atoms with E-state index >= 15 is 0 Å². The maximum atomic E-state index is 12.7. The van der Waals surface area contributed by atoms with Gasteiger partial charge in [0, 0.05) is 12.2 Å². The fraction of sp³-hybridized carbons (Fsp3) is 0.545. The van der Waals surface area contributed by atoms with Gasteiger partial charge >= 0.3 is 0 Å². The van der Waals surface area contributed by atoms with Crippen molar-refractivity contribution in [2.45, 2.75) is 18.3 Å². The number of pyridine rings is 1. The topological polar surface area (TPSA) is 42.4 Å². The molecule has 1 saturated heterocycles. The highest BCUT2D eigenvalue weighted by molar-refractivity contribution is 6.29. The first-order valence-corrected chi connectivity index (χ1v) is 5.60. The van der Waals surface area contributed by atoms with Gasteiger partial charge in [0.15, 0.2) is 0 Å². The summed E-state index contributed by atoms with van der Waals surface area (Å²) >= 11 is 5.72. The maximum absolute atomic E-state index is 12.7. The van der Waals surface area contributed by atoms with Crippen LogP contribution in [0.15, 0.2) is 12.1 Å². The summed E-state index contributed by atoms with van der Waals surface area (Å²) in [6.07, 6.45) is -2.05. The molecule has 0 radical (unpaired) electrons. The average molecular weight is 264 g/mol. The third kappa shape index (κ3) is 2.41.